The Kier molecular flexibility index (Phi) is 4.98. The van der Waals surface area contributed by atoms with Gasteiger partial charge in [-0.05, 0) is 25.8 Å². The largest absolute Gasteiger partial charge is 0.463 e. The number of nitrogens with zero attached hydrogens (tertiary/aromatic N) is 3. The molecule has 0 amide bonds. The average Bonchev–Trinajstić information content (AvgIpc) is 3.33. The van der Waals surface area contributed by atoms with E-state index in [1.165, 1.54) is 13.4 Å². The lowest BCUT2D eigenvalue weighted by molar-refractivity contribution is -0.162. The number of rotatable bonds is 4. The van der Waals surface area contributed by atoms with Gasteiger partial charge in [-0.1, -0.05) is 19.9 Å². The molecule has 4 rings (SSSR count). The van der Waals surface area contributed by atoms with Crippen molar-refractivity contribution in [3.05, 3.63) is 23.8 Å². The summed E-state index contributed by atoms with van der Waals surface area (Å²) < 4.78 is 24.5. The first-order chi connectivity index (χ1) is 13.7. The second kappa shape index (κ2) is 7.21. The van der Waals surface area contributed by atoms with Crippen LogP contribution in [0.2, 0.25) is 0 Å². The van der Waals surface area contributed by atoms with E-state index in [4.69, 9.17) is 18.9 Å². The Hall–Kier alpha value is -2.26. The van der Waals surface area contributed by atoms with Gasteiger partial charge in [0.05, 0.1) is 19.1 Å². The third-order valence-corrected chi connectivity index (χ3v) is 5.69. The van der Waals surface area contributed by atoms with Gasteiger partial charge in [-0.2, -0.15) is 0 Å². The minimum Gasteiger partial charge on any atom is -0.463 e. The normalized spacial score (nSPS) is 32.5. The summed E-state index contributed by atoms with van der Waals surface area (Å²) in [5, 5.41) is 4.32. The van der Waals surface area contributed by atoms with Gasteiger partial charge in [-0.3, -0.25) is 4.79 Å². The molecule has 0 bridgehead atoms. The second-order valence-electron chi connectivity index (χ2n) is 8.54. The molecule has 1 saturated heterocycles. The van der Waals surface area contributed by atoms with Gasteiger partial charge in [0.25, 0.3) is 5.82 Å². The van der Waals surface area contributed by atoms with Crippen LogP contribution < -0.4 is 0 Å². The van der Waals surface area contributed by atoms with Crippen molar-refractivity contribution in [2.24, 2.45) is 11.8 Å². The van der Waals surface area contributed by atoms with Crippen LogP contribution in [-0.2, 0) is 23.7 Å². The number of hydrogen-bond donors (Lipinski definition) is 0. The Bertz CT molecular complexity index is 845. The third-order valence-electron chi connectivity index (χ3n) is 5.69. The zero-order chi connectivity index (χ0) is 20.9. The number of hydrogen-bond acceptors (Lipinski definition) is 8. The highest BCUT2D eigenvalue weighted by molar-refractivity contribution is 5.84. The summed E-state index contributed by atoms with van der Waals surface area (Å²) >= 11 is 0. The van der Waals surface area contributed by atoms with Gasteiger partial charge in [-0.15, -0.1) is 5.10 Å². The zero-order valence-electron chi connectivity index (χ0n) is 17.3. The SMILES string of the molecule is COC(=O)c1ncn([C@@H]2C3=CC[C@H](OC(=O)C(C)C)C[C@@H]3[C@H]3OC(C)(C)O[C@H]32)n1. The molecule has 9 heteroatoms. The fourth-order valence-corrected chi connectivity index (χ4v) is 4.45. The van der Waals surface area contributed by atoms with E-state index in [1.54, 1.807) is 4.68 Å². The van der Waals surface area contributed by atoms with E-state index in [1.807, 2.05) is 27.7 Å². The molecule has 0 unspecified atom stereocenters. The average molecular weight is 405 g/mol. The molecule has 29 heavy (non-hydrogen) atoms. The Labute approximate surface area is 169 Å². The first-order valence-electron chi connectivity index (χ1n) is 9.95. The number of carbonyl (C=O) groups excluding carboxylic acids is 2. The Morgan fingerprint density at radius 2 is 2.00 bits per heavy atom. The van der Waals surface area contributed by atoms with E-state index in [-0.39, 0.29) is 48.0 Å². The highest BCUT2D eigenvalue weighted by Gasteiger charge is 2.58. The molecular formula is C20H27N3O6. The first-order valence-corrected chi connectivity index (χ1v) is 9.95. The lowest BCUT2D eigenvalue weighted by atomic mass is 9.86. The van der Waals surface area contributed by atoms with Gasteiger partial charge < -0.3 is 18.9 Å². The van der Waals surface area contributed by atoms with Crippen LogP contribution in [0.15, 0.2) is 18.0 Å². The smallest absolute Gasteiger partial charge is 0.377 e. The van der Waals surface area contributed by atoms with Crippen LogP contribution in [0.4, 0.5) is 0 Å². The molecule has 0 spiro atoms. The molecule has 1 aliphatic heterocycles. The number of fused-ring (bicyclic) bond motifs is 3. The number of carbonyl (C=O) groups is 2. The van der Waals surface area contributed by atoms with Crippen LogP contribution in [0, 0.1) is 11.8 Å². The molecule has 5 atom stereocenters. The highest BCUT2D eigenvalue weighted by atomic mass is 16.8. The van der Waals surface area contributed by atoms with Crippen LogP contribution in [0.3, 0.4) is 0 Å². The molecule has 0 N–H and O–H groups in total. The number of esters is 2. The summed E-state index contributed by atoms with van der Waals surface area (Å²) in [6.45, 7) is 7.42. The molecule has 0 aromatic carbocycles. The van der Waals surface area contributed by atoms with Crippen molar-refractivity contribution in [1.82, 2.24) is 14.8 Å². The van der Waals surface area contributed by atoms with E-state index in [9.17, 15) is 9.59 Å². The van der Waals surface area contributed by atoms with Crippen LogP contribution in [0.5, 0.6) is 0 Å². The van der Waals surface area contributed by atoms with E-state index in [0.29, 0.717) is 12.8 Å². The first kappa shape index (κ1) is 20.0. The zero-order valence-corrected chi connectivity index (χ0v) is 17.3. The van der Waals surface area contributed by atoms with Crippen LogP contribution in [0.1, 0.15) is 57.2 Å². The van der Waals surface area contributed by atoms with Gasteiger partial charge in [-0.25, -0.2) is 14.5 Å². The fourth-order valence-electron chi connectivity index (χ4n) is 4.45. The minimum atomic E-state index is -0.730. The van der Waals surface area contributed by atoms with Crippen molar-refractivity contribution in [1.29, 1.82) is 0 Å². The van der Waals surface area contributed by atoms with Gasteiger partial charge in [0, 0.05) is 12.3 Å². The van der Waals surface area contributed by atoms with Gasteiger partial charge in [0.1, 0.15) is 24.6 Å². The lowest BCUT2D eigenvalue weighted by Crippen LogP contribution is -2.32. The fraction of sp³-hybridized carbons (Fsp3) is 0.700. The topological polar surface area (TPSA) is 102 Å². The van der Waals surface area contributed by atoms with E-state index in [0.717, 1.165) is 5.57 Å². The van der Waals surface area contributed by atoms with Crippen LogP contribution in [0.25, 0.3) is 0 Å². The van der Waals surface area contributed by atoms with Crippen molar-refractivity contribution in [2.45, 2.75) is 70.7 Å². The number of ether oxygens (including phenoxy) is 4. The summed E-state index contributed by atoms with van der Waals surface area (Å²) in [5.74, 6) is -1.63. The van der Waals surface area contributed by atoms with Crippen molar-refractivity contribution >= 4 is 11.9 Å². The molecular weight excluding hydrogens is 378 g/mol. The monoisotopic (exact) mass is 405 g/mol. The van der Waals surface area contributed by atoms with Gasteiger partial charge in [0.2, 0.25) is 0 Å². The summed E-state index contributed by atoms with van der Waals surface area (Å²) in [6.07, 6.45) is 4.26. The van der Waals surface area contributed by atoms with Crippen molar-refractivity contribution in [3.63, 3.8) is 0 Å². The molecule has 9 nitrogen and oxygen atoms in total. The predicted molar refractivity (Wildman–Crippen MR) is 99.7 cm³/mol. The van der Waals surface area contributed by atoms with Crippen molar-refractivity contribution < 1.29 is 28.5 Å². The quantitative estimate of drug-likeness (QED) is 0.554. The van der Waals surface area contributed by atoms with Gasteiger partial charge in [0.15, 0.2) is 5.79 Å². The van der Waals surface area contributed by atoms with E-state index in [2.05, 4.69) is 16.2 Å². The standard InChI is InChI=1S/C20H27N3O6/c1-10(2)18(24)27-11-6-7-12-13(8-11)15-16(29-20(3,4)28-15)14(12)23-9-21-17(22-23)19(25)26-5/h7,9-11,13-16H,6,8H2,1-5H3/t11-,13-,14+,15+,16-/m0/s1. The summed E-state index contributed by atoms with van der Waals surface area (Å²) in [5.41, 5.74) is 1.12. The van der Waals surface area contributed by atoms with Gasteiger partial charge >= 0.3 is 11.9 Å². The number of methoxy groups -OCH3 is 1. The maximum atomic E-state index is 12.0. The minimum absolute atomic E-state index is 0.00539. The number of aromatic nitrogens is 3. The maximum Gasteiger partial charge on any atom is 0.377 e. The molecule has 2 aliphatic carbocycles. The maximum absolute atomic E-state index is 12.0. The molecule has 1 aromatic heterocycles. The molecule has 3 aliphatic rings. The third kappa shape index (κ3) is 3.57. The Morgan fingerprint density at radius 1 is 1.28 bits per heavy atom. The highest BCUT2D eigenvalue weighted by Crippen LogP contribution is 2.53. The van der Waals surface area contributed by atoms with E-state index < -0.39 is 11.8 Å². The summed E-state index contributed by atoms with van der Waals surface area (Å²) in [6, 6.07) is -0.237. The molecule has 158 valence electrons. The van der Waals surface area contributed by atoms with E-state index >= 15 is 0 Å². The second-order valence-corrected chi connectivity index (χ2v) is 8.54. The molecule has 2 fully saturated rings. The Balaban J connectivity index is 1.63. The van der Waals surface area contributed by atoms with Crippen LogP contribution in [-0.4, -0.2) is 57.9 Å². The lowest BCUT2D eigenvalue weighted by Gasteiger charge is -2.31. The molecule has 1 aromatic rings. The molecule has 1 saturated carbocycles. The predicted octanol–water partition coefficient (Wildman–Crippen LogP) is 2.04. The molecule has 0 radical (unpaired) electrons. The van der Waals surface area contributed by atoms with Crippen LogP contribution >= 0.6 is 0 Å². The summed E-state index contributed by atoms with van der Waals surface area (Å²) in [7, 11) is 1.29. The van der Waals surface area contributed by atoms with Crippen molar-refractivity contribution in [2.75, 3.05) is 7.11 Å². The Morgan fingerprint density at radius 3 is 2.69 bits per heavy atom. The summed E-state index contributed by atoms with van der Waals surface area (Å²) in [4.78, 5) is 27.9. The van der Waals surface area contributed by atoms with Crippen molar-refractivity contribution in [3.8, 4) is 0 Å². The molecule has 2 heterocycles.